The van der Waals surface area contributed by atoms with E-state index in [0.717, 1.165) is 49.4 Å². The van der Waals surface area contributed by atoms with E-state index in [1.165, 1.54) is 26.9 Å². The predicted molar refractivity (Wildman–Crippen MR) is 165 cm³/mol. The van der Waals surface area contributed by atoms with Gasteiger partial charge in [-0.2, -0.15) is 15.2 Å². The molecule has 9 nitrogen and oxygen atoms in total. The lowest BCUT2D eigenvalue weighted by Gasteiger charge is -2.42. The summed E-state index contributed by atoms with van der Waals surface area (Å²) in [6.45, 7) is 9.41. The van der Waals surface area contributed by atoms with Gasteiger partial charge in [0.25, 0.3) is 5.91 Å². The number of piperazine rings is 1. The fraction of sp³-hybridized carbons (Fsp3) is 0.455. The molecule has 6 rings (SSSR count). The number of ether oxygens (including phenoxy) is 1. The van der Waals surface area contributed by atoms with Crippen molar-refractivity contribution in [2.75, 3.05) is 56.2 Å². The topological polar surface area (TPSA) is 88.8 Å². The maximum Gasteiger partial charge on any atom is 0.318 e. The first-order valence-corrected chi connectivity index (χ1v) is 15.1. The Hall–Kier alpha value is -4.23. The molecule has 10 heteroatoms. The van der Waals surface area contributed by atoms with Crippen molar-refractivity contribution in [3.05, 3.63) is 65.6 Å². The summed E-state index contributed by atoms with van der Waals surface area (Å²) in [5.74, 6) is -0.981. The number of likely N-dealkylation sites (N-methyl/N-ethyl adjacent to an activating group) is 1. The summed E-state index contributed by atoms with van der Waals surface area (Å²) in [5.41, 5.74) is 4.40. The van der Waals surface area contributed by atoms with Gasteiger partial charge in [-0.15, -0.1) is 0 Å². The Morgan fingerprint density at radius 1 is 1.12 bits per heavy atom. The van der Waals surface area contributed by atoms with Gasteiger partial charge in [0, 0.05) is 48.9 Å². The minimum atomic E-state index is -1.01. The van der Waals surface area contributed by atoms with E-state index in [4.69, 9.17) is 14.7 Å². The van der Waals surface area contributed by atoms with Gasteiger partial charge in [-0.25, -0.2) is 4.39 Å². The minimum absolute atomic E-state index is 0.0916. The molecule has 2 fully saturated rings. The van der Waals surface area contributed by atoms with Crippen LogP contribution in [0.3, 0.4) is 0 Å². The second kappa shape index (κ2) is 12.2. The highest BCUT2D eigenvalue weighted by Gasteiger charge is 2.35. The van der Waals surface area contributed by atoms with Gasteiger partial charge in [0.1, 0.15) is 12.4 Å². The van der Waals surface area contributed by atoms with E-state index in [0.29, 0.717) is 38.3 Å². The molecule has 1 amide bonds. The van der Waals surface area contributed by atoms with Gasteiger partial charge < -0.3 is 24.3 Å². The zero-order valence-corrected chi connectivity index (χ0v) is 24.9. The van der Waals surface area contributed by atoms with Gasteiger partial charge in [-0.05, 0) is 56.8 Å². The van der Waals surface area contributed by atoms with Crippen LogP contribution in [0.25, 0.3) is 10.8 Å². The highest BCUT2D eigenvalue weighted by atomic mass is 19.1. The molecular formula is C33H38FN7O2. The molecule has 0 aliphatic carbocycles. The number of hydrogen-bond acceptors (Lipinski definition) is 8. The van der Waals surface area contributed by atoms with Crippen LogP contribution >= 0.6 is 0 Å². The van der Waals surface area contributed by atoms with E-state index < -0.39 is 17.8 Å². The van der Waals surface area contributed by atoms with Gasteiger partial charge in [0.15, 0.2) is 5.83 Å². The van der Waals surface area contributed by atoms with Crippen molar-refractivity contribution in [1.29, 1.82) is 5.26 Å². The van der Waals surface area contributed by atoms with Gasteiger partial charge in [-0.3, -0.25) is 4.79 Å². The number of likely N-dealkylation sites (tertiary alicyclic amines) is 1. The number of carbonyl (C=O) groups excluding carboxylic acids is 1. The van der Waals surface area contributed by atoms with Crippen molar-refractivity contribution in [3.8, 4) is 12.1 Å². The zero-order chi connectivity index (χ0) is 30.1. The Morgan fingerprint density at radius 2 is 1.93 bits per heavy atom. The number of rotatable bonds is 7. The average molecular weight is 585 g/mol. The van der Waals surface area contributed by atoms with E-state index in [9.17, 15) is 14.4 Å². The normalized spacial score (nSPS) is 20.7. The van der Waals surface area contributed by atoms with Crippen molar-refractivity contribution in [1.82, 2.24) is 19.8 Å². The highest BCUT2D eigenvalue weighted by molar-refractivity contribution is 5.97. The van der Waals surface area contributed by atoms with Crippen molar-refractivity contribution in [2.24, 2.45) is 0 Å². The third-order valence-electron chi connectivity index (χ3n) is 9.13. The largest absolute Gasteiger partial charge is 0.462 e. The van der Waals surface area contributed by atoms with Gasteiger partial charge >= 0.3 is 6.01 Å². The van der Waals surface area contributed by atoms with Crippen LogP contribution in [0.5, 0.6) is 6.01 Å². The minimum Gasteiger partial charge on any atom is -0.462 e. The van der Waals surface area contributed by atoms with Crippen LogP contribution in [0, 0.1) is 18.3 Å². The van der Waals surface area contributed by atoms with Crippen molar-refractivity contribution in [2.45, 2.75) is 51.2 Å². The van der Waals surface area contributed by atoms with Crippen LogP contribution in [0.15, 0.2) is 48.8 Å². The average Bonchev–Trinajstić information content (AvgIpc) is 3.43. The van der Waals surface area contributed by atoms with E-state index in [-0.39, 0.29) is 13.0 Å². The van der Waals surface area contributed by atoms with Crippen LogP contribution < -0.4 is 14.5 Å². The third-order valence-corrected chi connectivity index (χ3v) is 9.13. The van der Waals surface area contributed by atoms with Gasteiger partial charge in [0.2, 0.25) is 0 Å². The summed E-state index contributed by atoms with van der Waals surface area (Å²) in [5, 5.41) is 12.0. The molecule has 2 aromatic carbocycles. The zero-order valence-electron chi connectivity index (χ0n) is 24.9. The number of fused-ring (bicyclic) bond motifs is 2. The molecule has 0 saturated carbocycles. The molecule has 4 heterocycles. The summed E-state index contributed by atoms with van der Waals surface area (Å²) in [4.78, 5) is 30.6. The maximum atomic E-state index is 13.8. The molecule has 0 spiro atoms. The van der Waals surface area contributed by atoms with E-state index >= 15 is 0 Å². The second-order valence-corrected chi connectivity index (χ2v) is 11.8. The first kappa shape index (κ1) is 28.9. The molecule has 0 N–H and O–H groups in total. The van der Waals surface area contributed by atoms with Crippen molar-refractivity contribution in [3.63, 3.8) is 0 Å². The summed E-state index contributed by atoms with van der Waals surface area (Å²) in [7, 11) is 2.12. The quantitative estimate of drug-likeness (QED) is 0.299. The summed E-state index contributed by atoms with van der Waals surface area (Å²) >= 11 is 0. The number of carbonyl (C=O) groups is 1. The number of aryl methyl sites for hydroxylation is 1. The second-order valence-electron chi connectivity index (χ2n) is 11.8. The molecular weight excluding hydrogens is 546 g/mol. The Balaban J connectivity index is 1.34. The molecule has 43 heavy (non-hydrogen) atoms. The van der Waals surface area contributed by atoms with Gasteiger partial charge in [0.05, 0.1) is 30.8 Å². The molecule has 0 radical (unpaired) electrons. The Labute approximate surface area is 252 Å². The number of nitriles is 1. The summed E-state index contributed by atoms with van der Waals surface area (Å²) in [6, 6.07) is 15.2. The summed E-state index contributed by atoms with van der Waals surface area (Å²) < 4.78 is 20.1. The lowest BCUT2D eigenvalue weighted by atomic mass is 10.00. The maximum absolute atomic E-state index is 13.8. The third kappa shape index (κ3) is 5.74. The fourth-order valence-electron chi connectivity index (χ4n) is 6.80. The molecule has 0 bridgehead atoms. The number of benzene rings is 2. The Kier molecular flexibility index (Phi) is 8.17. The predicted octanol–water partition coefficient (Wildman–Crippen LogP) is 4.39. The standard InChI is InChI=1S/C33H38FN7O2/c1-22-7-4-8-24-9-5-11-29(30(22)24)39-16-13-27-28(20-39)36-33(43-21-26-10-6-15-38(26)3)37-31(27)40-17-18-41(32(42)23(2)34)25(19-40)12-14-35/h4-5,7-9,11,25-26H,2,6,10,12-13,15-21H2,1,3H3/t25-,26-/m0/s1/i1+1. The molecule has 2 saturated heterocycles. The highest BCUT2D eigenvalue weighted by Crippen LogP contribution is 2.36. The number of aromatic nitrogens is 2. The molecule has 1 aromatic heterocycles. The number of amides is 1. The van der Waals surface area contributed by atoms with Crippen LogP contribution in [-0.4, -0.2) is 84.1 Å². The first-order valence-electron chi connectivity index (χ1n) is 15.1. The van der Waals surface area contributed by atoms with Crippen LogP contribution in [-0.2, 0) is 17.8 Å². The van der Waals surface area contributed by atoms with Crippen LogP contribution in [0.4, 0.5) is 15.9 Å². The SMILES string of the molecule is C=C(F)C(=O)N1CCN(c2nc(OC[C@@H]3CCCN3C)nc3c2CCN(c2cccc4cccc([13CH3])c24)C3)C[C@@H]1CC#N. The van der Waals surface area contributed by atoms with Crippen molar-refractivity contribution >= 4 is 28.2 Å². The van der Waals surface area contributed by atoms with Gasteiger partial charge in [-0.1, -0.05) is 36.9 Å². The molecule has 3 aliphatic heterocycles. The van der Waals surface area contributed by atoms with Crippen LogP contribution in [0.1, 0.15) is 36.1 Å². The number of hydrogen-bond donors (Lipinski definition) is 0. The fourth-order valence-corrected chi connectivity index (χ4v) is 6.80. The molecule has 3 aliphatic rings. The lowest BCUT2D eigenvalue weighted by molar-refractivity contribution is -0.131. The molecule has 224 valence electrons. The molecule has 2 atom stereocenters. The summed E-state index contributed by atoms with van der Waals surface area (Å²) in [6.07, 6.45) is 3.05. The monoisotopic (exact) mass is 584 g/mol. The van der Waals surface area contributed by atoms with Crippen LogP contribution in [0.2, 0.25) is 0 Å². The van der Waals surface area contributed by atoms with E-state index in [1.807, 2.05) is 0 Å². The van der Waals surface area contributed by atoms with Crippen molar-refractivity contribution < 1.29 is 13.9 Å². The van der Waals surface area contributed by atoms with E-state index in [1.54, 1.807) is 0 Å². The Bertz CT molecular complexity index is 1580. The number of halogens is 1. The Morgan fingerprint density at radius 3 is 2.67 bits per heavy atom. The molecule has 3 aromatic rings. The number of nitrogens with zero attached hydrogens (tertiary/aromatic N) is 7. The molecule has 0 unspecified atom stereocenters. The smallest absolute Gasteiger partial charge is 0.318 e. The first-order chi connectivity index (χ1) is 20.8. The lowest BCUT2D eigenvalue weighted by Crippen LogP contribution is -2.55. The number of anilines is 2. The van der Waals surface area contributed by atoms with E-state index in [2.05, 4.69) is 77.7 Å².